The summed E-state index contributed by atoms with van der Waals surface area (Å²) in [5, 5.41) is 31.0. The van der Waals surface area contributed by atoms with E-state index in [0.29, 0.717) is 21.3 Å². The lowest BCUT2D eigenvalue weighted by Crippen LogP contribution is -2.40. The molecule has 0 amide bonds. The van der Waals surface area contributed by atoms with Crippen molar-refractivity contribution >= 4 is 39.8 Å². The van der Waals surface area contributed by atoms with Gasteiger partial charge in [0.25, 0.3) is 0 Å². The summed E-state index contributed by atoms with van der Waals surface area (Å²) < 4.78 is 0. The van der Waals surface area contributed by atoms with E-state index in [1.165, 1.54) is 0 Å². The van der Waals surface area contributed by atoms with Crippen molar-refractivity contribution in [2.75, 3.05) is 18.0 Å². The average Bonchev–Trinajstić information content (AvgIpc) is 2.83. The van der Waals surface area contributed by atoms with Crippen molar-refractivity contribution in [1.29, 1.82) is 5.26 Å². The highest BCUT2D eigenvalue weighted by Gasteiger charge is 2.24. The van der Waals surface area contributed by atoms with Crippen LogP contribution < -0.4 is 10.6 Å². The van der Waals surface area contributed by atoms with Gasteiger partial charge in [-0.2, -0.15) is 5.26 Å². The standard InChI is InChI=1S/C26H21Cl2N5O/c27-18-10-17(11-19(28)13-18)24-25(33-8-6-20(30)7-9-33)22-12-15(4-5-23(22)31-32-24)21-3-1-2-16(14-29)26(21)34/h1-5,10-13,20,34H,6-9,30H2. The van der Waals surface area contributed by atoms with Gasteiger partial charge in [0.1, 0.15) is 17.5 Å². The Kier molecular flexibility index (Phi) is 6.01. The number of hydrogen-bond donors (Lipinski definition) is 2. The summed E-state index contributed by atoms with van der Waals surface area (Å²) in [6.07, 6.45) is 1.73. The number of para-hydroxylation sites is 1. The highest BCUT2D eigenvalue weighted by atomic mass is 35.5. The predicted octanol–water partition coefficient (Wildman–Crippen LogP) is 5.78. The van der Waals surface area contributed by atoms with Gasteiger partial charge in [0.2, 0.25) is 0 Å². The van der Waals surface area contributed by atoms with Gasteiger partial charge in [-0.05, 0) is 54.8 Å². The molecular formula is C26H21Cl2N5O. The van der Waals surface area contributed by atoms with Crippen LogP contribution in [0, 0.1) is 11.3 Å². The van der Waals surface area contributed by atoms with Gasteiger partial charge in [0, 0.05) is 45.7 Å². The van der Waals surface area contributed by atoms with Crippen molar-refractivity contribution in [3.05, 3.63) is 70.2 Å². The minimum absolute atomic E-state index is 0.0429. The van der Waals surface area contributed by atoms with E-state index in [1.807, 2.05) is 36.4 Å². The Balaban J connectivity index is 1.76. The van der Waals surface area contributed by atoms with Gasteiger partial charge in [-0.15, -0.1) is 10.2 Å². The van der Waals surface area contributed by atoms with Crippen molar-refractivity contribution in [3.63, 3.8) is 0 Å². The Hall–Kier alpha value is -3.37. The van der Waals surface area contributed by atoms with E-state index >= 15 is 0 Å². The van der Waals surface area contributed by atoms with Gasteiger partial charge in [0.15, 0.2) is 0 Å². The maximum absolute atomic E-state index is 10.7. The summed E-state index contributed by atoms with van der Waals surface area (Å²) in [5.74, 6) is -0.0429. The van der Waals surface area contributed by atoms with Crippen LogP contribution in [-0.4, -0.2) is 34.4 Å². The van der Waals surface area contributed by atoms with Gasteiger partial charge < -0.3 is 15.7 Å². The molecule has 1 saturated heterocycles. The summed E-state index contributed by atoms with van der Waals surface area (Å²) in [4.78, 5) is 2.28. The third kappa shape index (κ3) is 4.14. The lowest BCUT2D eigenvalue weighted by Gasteiger charge is -2.33. The third-order valence-corrected chi connectivity index (χ3v) is 6.63. The van der Waals surface area contributed by atoms with E-state index in [0.717, 1.165) is 53.6 Å². The maximum atomic E-state index is 10.7. The monoisotopic (exact) mass is 489 g/mol. The largest absolute Gasteiger partial charge is 0.506 e. The summed E-state index contributed by atoms with van der Waals surface area (Å²) in [6.45, 7) is 1.56. The summed E-state index contributed by atoms with van der Waals surface area (Å²) >= 11 is 12.6. The van der Waals surface area contributed by atoms with Crippen molar-refractivity contribution in [3.8, 4) is 34.2 Å². The van der Waals surface area contributed by atoms with Crippen LogP contribution in [0.1, 0.15) is 18.4 Å². The maximum Gasteiger partial charge on any atom is 0.141 e. The SMILES string of the molecule is N#Cc1cccc(-c2ccc3nnc(-c4cc(Cl)cc(Cl)c4)c(N4CCC(N)CC4)c3c2)c1O. The molecule has 170 valence electrons. The number of piperidine rings is 1. The molecule has 0 aliphatic carbocycles. The van der Waals surface area contributed by atoms with E-state index < -0.39 is 0 Å². The Morgan fingerprint density at radius 3 is 2.41 bits per heavy atom. The summed E-state index contributed by atoms with van der Waals surface area (Å²) in [6, 6.07) is 18.4. The van der Waals surface area contributed by atoms with E-state index in [-0.39, 0.29) is 17.4 Å². The number of aromatic hydroxyl groups is 1. The molecule has 3 N–H and O–H groups in total. The number of benzene rings is 3. The second kappa shape index (κ2) is 9.11. The van der Waals surface area contributed by atoms with E-state index in [9.17, 15) is 10.4 Å². The van der Waals surface area contributed by atoms with Gasteiger partial charge >= 0.3 is 0 Å². The fourth-order valence-corrected chi connectivity index (χ4v) is 4.98. The van der Waals surface area contributed by atoms with Crippen LogP contribution in [0.3, 0.4) is 0 Å². The Morgan fingerprint density at radius 2 is 1.71 bits per heavy atom. The molecule has 5 rings (SSSR count). The van der Waals surface area contributed by atoms with Gasteiger partial charge in [-0.25, -0.2) is 0 Å². The number of halogens is 2. The van der Waals surface area contributed by atoms with E-state index in [4.69, 9.17) is 28.9 Å². The van der Waals surface area contributed by atoms with Crippen LogP contribution in [0.15, 0.2) is 54.6 Å². The molecule has 8 heteroatoms. The van der Waals surface area contributed by atoms with Crippen molar-refractivity contribution in [1.82, 2.24) is 10.2 Å². The number of phenols is 1. The van der Waals surface area contributed by atoms with Crippen LogP contribution in [0.4, 0.5) is 5.69 Å². The van der Waals surface area contributed by atoms with Gasteiger partial charge in [0.05, 0.1) is 16.8 Å². The molecule has 6 nitrogen and oxygen atoms in total. The number of phenolic OH excluding ortho intramolecular Hbond substituents is 1. The molecular weight excluding hydrogens is 469 g/mol. The lowest BCUT2D eigenvalue weighted by atomic mass is 9.97. The molecule has 2 heterocycles. The van der Waals surface area contributed by atoms with Crippen molar-refractivity contribution < 1.29 is 5.11 Å². The minimum atomic E-state index is -0.0429. The second-order valence-corrected chi connectivity index (χ2v) is 9.30. The highest BCUT2D eigenvalue weighted by molar-refractivity contribution is 6.35. The fraction of sp³-hybridized carbons (Fsp3) is 0.192. The van der Waals surface area contributed by atoms with Crippen LogP contribution in [0.25, 0.3) is 33.3 Å². The van der Waals surface area contributed by atoms with E-state index in [1.54, 1.807) is 24.3 Å². The van der Waals surface area contributed by atoms with Gasteiger partial charge in [-0.1, -0.05) is 41.4 Å². The Morgan fingerprint density at radius 1 is 0.971 bits per heavy atom. The summed E-state index contributed by atoms with van der Waals surface area (Å²) in [7, 11) is 0. The molecule has 1 aliphatic rings. The van der Waals surface area contributed by atoms with Crippen LogP contribution >= 0.6 is 23.2 Å². The van der Waals surface area contributed by atoms with Crippen LogP contribution in [-0.2, 0) is 0 Å². The first-order chi connectivity index (χ1) is 16.4. The lowest BCUT2D eigenvalue weighted by molar-refractivity contribution is 0.475. The fourth-order valence-electron chi connectivity index (χ4n) is 4.45. The minimum Gasteiger partial charge on any atom is -0.506 e. The number of aromatic nitrogens is 2. The van der Waals surface area contributed by atoms with Crippen LogP contribution in [0.5, 0.6) is 5.75 Å². The Bertz CT molecular complexity index is 1420. The molecule has 0 radical (unpaired) electrons. The average molecular weight is 490 g/mol. The molecule has 3 aromatic carbocycles. The number of anilines is 1. The zero-order valence-corrected chi connectivity index (χ0v) is 19.7. The predicted molar refractivity (Wildman–Crippen MR) is 136 cm³/mol. The first-order valence-corrected chi connectivity index (χ1v) is 11.7. The molecule has 1 aromatic heterocycles. The molecule has 34 heavy (non-hydrogen) atoms. The molecule has 4 aromatic rings. The van der Waals surface area contributed by atoms with Crippen molar-refractivity contribution in [2.45, 2.75) is 18.9 Å². The van der Waals surface area contributed by atoms with Crippen molar-refractivity contribution in [2.24, 2.45) is 5.73 Å². The normalized spacial score (nSPS) is 14.4. The number of nitrogens with two attached hydrogens (primary N) is 1. The molecule has 0 bridgehead atoms. The number of nitrogens with zero attached hydrogens (tertiary/aromatic N) is 4. The third-order valence-electron chi connectivity index (χ3n) is 6.19. The summed E-state index contributed by atoms with van der Waals surface area (Å²) in [5.41, 5.74) is 10.9. The van der Waals surface area contributed by atoms with Crippen LogP contribution in [0.2, 0.25) is 10.0 Å². The first kappa shape index (κ1) is 22.4. The Labute approximate surface area is 207 Å². The smallest absolute Gasteiger partial charge is 0.141 e. The second-order valence-electron chi connectivity index (χ2n) is 8.43. The number of fused-ring (bicyclic) bond motifs is 1. The van der Waals surface area contributed by atoms with E-state index in [2.05, 4.69) is 15.1 Å². The number of rotatable bonds is 3. The quantitative estimate of drug-likeness (QED) is 0.378. The van der Waals surface area contributed by atoms with Gasteiger partial charge in [-0.3, -0.25) is 0 Å². The number of nitriles is 1. The molecule has 0 atom stereocenters. The molecule has 1 aliphatic heterocycles. The molecule has 1 fully saturated rings. The number of hydrogen-bond acceptors (Lipinski definition) is 6. The first-order valence-electron chi connectivity index (χ1n) is 10.9. The highest BCUT2D eigenvalue weighted by Crippen LogP contribution is 2.40. The zero-order chi connectivity index (χ0) is 23.8. The molecule has 0 spiro atoms. The zero-order valence-electron chi connectivity index (χ0n) is 18.2. The molecule has 0 unspecified atom stereocenters. The topological polar surface area (TPSA) is 99.1 Å². The molecule has 0 saturated carbocycles.